The molecule has 1 fully saturated rings. The summed E-state index contributed by atoms with van der Waals surface area (Å²) in [5.74, 6) is 0.409. The van der Waals surface area contributed by atoms with Gasteiger partial charge in [-0.05, 0) is 31.0 Å². The number of aromatic nitrogens is 2. The molecule has 0 aliphatic carbocycles. The molecule has 0 saturated carbocycles. The second-order valence-corrected chi connectivity index (χ2v) is 5.36. The highest BCUT2D eigenvalue weighted by atomic mass is 16.5. The van der Waals surface area contributed by atoms with Crippen molar-refractivity contribution in [1.29, 1.82) is 5.26 Å². The standard InChI is InChI=1S/C17H16N4O2/c18-11-13-3-8-20-16(10-13)23-15-2-1-9-21(12-15)17(22)14-4-6-19-7-5-14/h3-8,10,15H,1-2,9,12H2/t15-/m0/s1. The highest BCUT2D eigenvalue weighted by Gasteiger charge is 2.26. The molecule has 2 aromatic heterocycles. The fraction of sp³-hybridized carbons (Fsp3) is 0.294. The lowest BCUT2D eigenvalue weighted by Crippen LogP contribution is -2.44. The zero-order chi connectivity index (χ0) is 16.1. The van der Waals surface area contributed by atoms with E-state index in [0.29, 0.717) is 30.1 Å². The zero-order valence-electron chi connectivity index (χ0n) is 12.6. The molecule has 23 heavy (non-hydrogen) atoms. The van der Waals surface area contributed by atoms with Crippen LogP contribution in [0, 0.1) is 11.3 Å². The quantitative estimate of drug-likeness (QED) is 0.867. The van der Waals surface area contributed by atoms with Crippen LogP contribution in [0.25, 0.3) is 0 Å². The molecule has 0 radical (unpaired) electrons. The molecule has 0 bridgehead atoms. The largest absolute Gasteiger partial charge is 0.472 e. The lowest BCUT2D eigenvalue weighted by atomic mass is 10.1. The van der Waals surface area contributed by atoms with Crippen LogP contribution in [-0.4, -0.2) is 40.0 Å². The number of rotatable bonds is 3. The van der Waals surface area contributed by atoms with Gasteiger partial charge in [-0.2, -0.15) is 5.26 Å². The Morgan fingerprint density at radius 2 is 2.13 bits per heavy atom. The molecule has 6 heteroatoms. The van der Waals surface area contributed by atoms with Crippen LogP contribution in [0.5, 0.6) is 5.88 Å². The van der Waals surface area contributed by atoms with E-state index in [2.05, 4.69) is 16.0 Å². The molecule has 0 N–H and O–H groups in total. The number of ether oxygens (including phenoxy) is 1. The van der Waals surface area contributed by atoms with Crippen molar-refractivity contribution in [3.8, 4) is 11.9 Å². The normalized spacial score (nSPS) is 17.3. The van der Waals surface area contributed by atoms with Gasteiger partial charge in [0.25, 0.3) is 5.91 Å². The molecule has 1 aliphatic rings. The van der Waals surface area contributed by atoms with Crippen LogP contribution in [0.15, 0.2) is 42.9 Å². The average molecular weight is 308 g/mol. The summed E-state index contributed by atoms with van der Waals surface area (Å²) >= 11 is 0. The summed E-state index contributed by atoms with van der Waals surface area (Å²) < 4.78 is 5.85. The van der Waals surface area contributed by atoms with Crippen LogP contribution in [-0.2, 0) is 0 Å². The van der Waals surface area contributed by atoms with Crippen molar-refractivity contribution < 1.29 is 9.53 Å². The topological polar surface area (TPSA) is 79.1 Å². The van der Waals surface area contributed by atoms with Gasteiger partial charge in [0, 0.05) is 36.8 Å². The van der Waals surface area contributed by atoms with Gasteiger partial charge in [0.1, 0.15) is 6.10 Å². The van der Waals surface area contributed by atoms with Crippen LogP contribution < -0.4 is 4.74 Å². The van der Waals surface area contributed by atoms with Crippen LogP contribution in [0.4, 0.5) is 0 Å². The maximum atomic E-state index is 12.5. The van der Waals surface area contributed by atoms with Gasteiger partial charge in [-0.25, -0.2) is 4.98 Å². The molecule has 6 nitrogen and oxygen atoms in total. The molecule has 116 valence electrons. The van der Waals surface area contributed by atoms with E-state index in [4.69, 9.17) is 10.00 Å². The van der Waals surface area contributed by atoms with Crippen LogP contribution in [0.3, 0.4) is 0 Å². The zero-order valence-corrected chi connectivity index (χ0v) is 12.6. The Morgan fingerprint density at radius 3 is 2.91 bits per heavy atom. The Hall–Kier alpha value is -2.94. The predicted molar refractivity (Wildman–Crippen MR) is 82.7 cm³/mol. The number of carbonyl (C=O) groups excluding carboxylic acids is 1. The van der Waals surface area contributed by atoms with Gasteiger partial charge in [0.15, 0.2) is 0 Å². The van der Waals surface area contributed by atoms with Gasteiger partial charge in [0.05, 0.1) is 18.2 Å². The molecular weight excluding hydrogens is 292 g/mol. The number of hydrogen-bond donors (Lipinski definition) is 0. The Kier molecular flexibility index (Phi) is 4.48. The molecule has 1 saturated heterocycles. The highest BCUT2D eigenvalue weighted by molar-refractivity contribution is 5.94. The molecule has 0 unspecified atom stereocenters. The Morgan fingerprint density at radius 1 is 1.30 bits per heavy atom. The average Bonchev–Trinajstić information content (AvgIpc) is 2.62. The Balaban J connectivity index is 1.66. The summed E-state index contributed by atoms with van der Waals surface area (Å²) in [5.41, 5.74) is 1.14. The Labute approximate surface area is 134 Å². The van der Waals surface area contributed by atoms with E-state index >= 15 is 0 Å². The number of nitrogens with zero attached hydrogens (tertiary/aromatic N) is 4. The highest BCUT2D eigenvalue weighted by Crippen LogP contribution is 2.19. The van der Waals surface area contributed by atoms with Gasteiger partial charge in [-0.3, -0.25) is 9.78 Å². The SMILES string of the molecule is N#Cc1ccnc(O[C@H]2CCCN(C(=O)c3ccncc3)C2)c1. The minimum atomic E-state index is -0.115. The first-order valence-electron chi connectivity index (χ1n) is 7.48. The molecule has 1 amide bonds. The van der Waals surface area contributed by atoms with Gasteiger partial charge >= 0.3 is 0 Å². The van der Waals surface area contributed by atoms with Crippen molar-refractivity contribution in [1.82, 2.24) is 14.9 Å². The molecule has 0 aromatic carbocycles. The summed E-state index contributed by atoms with van der Waals surface area (Å²) in [7, 11) is 0. The van der Waals surface area contributed by atoms with Crippen LogP contribution in [0.2, 0.25) is 0 Å². The van der Waals surface area contributed by atoms with Crippen molar-refractivity contribution in [2.24, 2.45) is 0 Å². The monoisotopic (exact) mass is 308 g/mol. The number of likely N-dealkylation sites (tertiary alicyclic amines) is 1. The smallest absolute Gasteiger partial charge is 0.254 e. The predicted octanol–water partition coefficient (Wildman–Crippen LogP) is 2.03. The molecule has 1 atom stereocenters. The van der Waals surface area contributed by atoms with Crippen LogP contribution >= 0.6 is 0 Å². The third-order valence-corrected chi connectivity index (χ3v) is 3.74. The minimum Gasteiger partial charge on any atom is -0.472 e. The molecular formula is C17H16N4O2. The van der Waals surface area contributed by atoms with E-state index in [1.54, 1.807) is 47.8 Å². The third kappa shape index (κ3) is 3.64. The van der Waals surface area contributed by atoms with E-state index in [1.807, 2.05) is 0 Å². The lowest BCUT2D eigenvalue weighted by Gasteiger charge is -2.32. The van der Waals surface area contributed by atoms with Gasteiger partial charge < -0.3 is 9.64 Å². The van der Waals surface area contributed by atoms with Crippen molar-refractivity contribution in [2.75, 3.05) is 13.1 Å². The number of hydrogen-bond acceptors (Lipinski definition) is 5. The van der Waals surface area contributed by atoms with E-state index in [9.17, 15) is 4.79 Å². The van der Waals surface area contributed by atoms with E-state index in [1.165, 1.54) is 0 Å². The minimum absolute atomic E-state index is 0.0144. The molecule has 1 aliphatic heterocycles. The first-order chi connectivity index (χ1) is 11.3. The van der Waals surface area contributed by atoms with Crippen molar-refractivity contribution in [3.05, 3.63) is 54.0 Å². The third-order valence-electron chi connectivity index (χ3n) is 3.74. The van der Waals surface area contributed by atoms with Crippen LogP contribution in [0.1, 0.15) is 28.8 Å². The number of carbonyl (C=O) groups is 1. The maximum Gasteiger partial charge on any atom is 0.254 e. The van der Waals surface area contributed by atoms with Gasteiger partial charge in [0.2, 0.25) is 5.88 Å². The molecule has 3 heterocycles. The molecule has 0 spiro atoms. The second-order valence-electron chi connectivity index (χ2n) is 5.36. The van der Waals surface area contributed by atoms with E-state index in [0.717, 1.165) is 12.8 Å². The summed E-state index contributed by atoms with van der Waals surface area (Å²) in [6, 6.07) is 8.74. The summed E-state index contributed by atoms with van der Waals surface area (Å²) in [4.78, 5) is 22.3. The number of piperidine rings is 1. The summed E-state index contributed by atoms with van der Waals surface area (Å²) in [6.07, 6.45) is 6.40. The first-order valence-corrected chi connectivity index (χ1v) is 7.48. The van der Waals surface area contributed by atoms with Crippen molar-refractivity contribution in [2.45, 2.75) is 18.9 Å². The number of nitriles is 1. The fourth-order valence-electron chi connectivity index (χ4n) is 2.61. The van der Waals surface area contributed by atoms with Crippen molar-refractivity contribution >= 4 is 5.91 Å². The molecule has 3 rings (SSSR count). The summed E-state index contributed by atoms with van der Waals surface area (Å²) in [6.45, 7) is 1.23. The lowest BCUT2D eigenvalue weighted by molar-refractivity contribution is 0.0527. The van der Waals surface area contributed by atoms with Crippen molar-refractivity contribution in [3.63, 3.8) is 0 Å². The summed E-state index contributed by atoms with van der Waals surface area (Å²) in [5, 5.41) is 8.92. The van der Waals surface area contributed by atoms with E-state index in [-0.39, 0.29) is 12.0 Å². The number of amides is 1. The van der Waals surface area contributed by atoms with Gasteiger partial charge in [-0.15, -0.1) is 0 Å². The fourth-order valence-corrected chi connectivity index (χ4v) is 2.61. The molecule has 2 aromatic rings. The van der Waals surface area contributed by atoms with Gasteiger partial charge in [-0.1, -0.05) is 0 Å². The second kappa shape index (κ2) is 6.88. The first kappa shape index (κ1) is 15.0. The number of pyridine rings is 2. The van der Waals surface area contributed by atoms with E-state index < -0.39 is 0 Å². The Bertz CT molecular complexity index is 727. The maximum absolute atomic E-state index is 12.5.